The Morgan fingerprint density at radius 3 is 2.53 bits per heavy atom. The number of aryl methyl sites for hydroxylation is 1. The van der Waals surface area contributed by atoms with E-state index in [0.29, 0.717) is 45.8 Å². The van der Waals surface area contributed by atoms with Crippen molar-refractivity contribution in [1.82, 2.24) is 5.16 Å². The van der Waals surface area contributed by atoms with Crippen molar-refractivity contribution in [3.63, 3.8) is 0 Å². The summed E-state index contributed by atoms with van der Waals surface area (Å²) < 4.78 is 26.4. The number of esters is 1. The molecule has 4 aromatic rings. The maximum atomic E-state index is 12.7. The number of halogens is 1. The van der Waals surface area contributed by atoms with E-state index >= 15 is 0 Å². The van der Waals surface area contributed by atoms with E-state index in [1.165, 1.54) is 19.2 Å². The maximum Gasteiger partial charge on any atom is 0.344 e. The number of carbonyl (C=O) groups excluding carboxylic acids is 1. The van der Waals surface area contributed by atoms with E-state index in [1.54, 1.807) is 43.5 Å². The number of hydrogen-bond acceptors (Lipinski definition) is 8. The van der Waals surface area contributed by atoms with Crippen LogP contribution < -0.4 is 19.8 Å². The summed E-state index contributed by atoms with van der Waals surface area (Å²) in [4.78, 5) is 24.8. The van der Waals surface area contributed by atoms with Gasteiger partial charge in [0, 0.05) is 35.6 Å². The molecule has 2 heterocycles. The molecule has 2 aromatic carbocycles. The maximum absolute atomic E-state index is 12.7. The Balaban J connectivity index is 1.56. The van der Waals surface area contributed by atoms with Crippen LogP contribution >= 0.6 is 11.6 Å². The smallest absolute Gasteiger partial charge is 0.344 e. The number of aromatic nitrogens is 1. The molecular weight excluding hydrogens is 438 g/mol. The molecule has 0 aliphatic carbocycles. The number of carbonyl (C=O) groups is 1. The normalized spacial score (nSPS) is 10.8. The first-order valence-corrected chi connectivity index (χ1v) is 9.96. The van der Waals surface area contributed by atoms with Gasteiger partial charge >= 0.3 is 11.6 Å². The number of fused-ring (bicyclic) bond motifs is 1. The summed E-state index contributed by atoms with van der Waals surface area (Å²) >= 11 is 5.68. The van der Waals surface area contributed by atoms with Crippen LogP contribution in [0, 0.1) is 0 Å². The fourth-order valence-electron chi connectivity index (χ4n) is 3.18. The zero-order valence-corrected chi connectivity index (χ0v) is 18.0. The lowest BCUT2D eigenvalue weighted by Crippen LogP contribution is -2.09. The third kappa shape index (κ3) is 4.60. The van der Waals surface area contributed by atoms with Crippen LogP contribution in [0.1, 0.15) is 12.2 Å². The minimum atomic E-state index is -0.549. The highest BCUT2D eigenvalue weighted by Crippen LogP contribution is 2.33. The Labute approximate surface area is 187 Å². The van der Waals surface area contributed by atoms with Crippen molar-refractivity contribution in [2.24, 2.45) is 0 Å². The monoisotopic (exact) mass is 455 g/mol. The molecule has 0 aliphatic heterocycles. The van der Waals surface area contributed by atoms with Gasteiger partial charge in [-0.25, -0.2) is 4.79 Å². The molecule has 32 heavy (non-hydrogen) atoms. The van der Waals surface area contributed by atoms with Crippen LogP contribution in [0.3, 0.4) is 0 Å². The van der Waals surface area contributed by atoms with Gasteiger partial charge in [0.1, 0.15) is 28.6 Å². The first kappa shape index (κ1) is 21.5. The molecule has 8 nitrogen and oxygen atoms in total. The predicted molar refractivity (Wildman–Crippen MR) is 116 cm³/mol. The van der Waals surface area contributed by atoms with E-state index in [0.717, 1.165) is 0 Å². The average Bonchev–Trinajstić information content (AvgIpc) is 3.22. The van der Waals surface area contributed by atoms with Crippen LogP contribution in [0.2, 0.25) is 5.15 Å². The molecule has 0 spiro atoms. The second kappa shape index (κ2) is 9.15. The second-order valence-corrected chi connectivity index (χ2v) is 7.19. The van der Waals surface area contributed by atoms with Gasteiger partial charge in [-0.15, -0.1) is 0 Å². The summed E-state index contributed by atoms with van der Waals surface area (Å²) in [5.74, 6) is 1.36. The Morgan fingerprint density at radius 1 is 1.00 bits per heavy atom. The van der Waals surface area contributed by atoms with Crippen LogP contribution in [0.4, 0.5) is 0 Å². The van der Waals surface area contributed by atoms with Gasteiger partial charge in [0.2, 0.25) is 0 Å². The van der Waals surface area contributed by atoms with Gasteiger partial charge in [-0.2, -0.15) is 0 Å². The van der Waals surface area contributed by atoms with E-state index < -0.39 is 11.6 Å². The Kier molecular flexibility index (Phi) is 6.13. The van der Waals surface area contributed by atoms with Crippen LogP contribution in [-0.4, -0.2) is 25.3 Å². The largest absolute Gasteiger partial charge is 0.497 e. The van der Waals surface area contributed by atoms with Gasteiger partial charge in [0.05, 0.1) is 26.2 Å². The molecule has 0 amide bonds. The quantitative estimate of drug-likeness (QED) is 0.225. The summed E-state index contributed by atoms with van der Waals surface area (Å²) in [6.45, 7) is 0. The Hall–Kier alpha value is -3.78. The van der Waals surface area contributed by atoms with Gasteiger partial charge in [-0.05, 0) is 30.3 Å². The summed E-state index contributed by atoms with van der Waals surface area (Å²) in [5, 5.41) is 4.44. The second-order valence-electron chi connectivity index (χ2n) is 6.80. The van der Waals surface area contributed by atoms with Crippen molar-refractivity contribution >= 4 is 28.5 Å². The fourth-order valence-corrected chi connectivity index (χ4v) is 3.33. The molecule has 0 unspecified atom stereocenters. The summed E-state index contributed by atoms with van der Waals surface area (Å²) in [6, 6.07) is 13.2. The molecule has 0 saturated carbocycles. The SMILES string of the molecule is COc1ccc(-c2cc3ccc(OC(=O)CCc4cc(Cl)no4)cc3oc2=O)c(OC)c1. The predicted octanol–water partition coefficient (Wildman–Crippen LogP) is 4.66. The fraction of sp³-hybridized carbons (Fsp3) is 0.174. The summed E-state index contributed by atoms with van der Waals surface area (Å²) in [5.41, 5.74) is 0.657. The lowest BCUT2D eigenvalue weighted by atomic mass is 10.0. The number of hydrogen-bond donors (Lipinski definition) is 0. The van der Waals surface area contributed by atoms with Crippen molar-refractivity contribution in [1.29, 1.82) is 0 Å². The topological polar surface area (TPSA) is 101 Å². The molecule has 9 heteroatoms. The highest BCUT2D eigenvalue weighted by Gasteiger charge is 2.15. The average molecular weight is 456 g/mol. The van der Waals surface area contributed by atoms with E-state index in [-0.39, 0.29) is 17.3 Å². The van der Waals surface area contributed by atoms with E-state index in [9.17, 15) is 9.59 Å². The standard InChI is InChI=1S/C23H18ClNO7/c1-28-14-5-7-17(20(10-14)29-2)18-9-13-3-4-15(11-19(13)31-23(18)27)30-22(26)8-6-16-12-21(24)25-32-16/h3-5,7,9-12H,6,8H2,1-2H3. The number of ether oxygens (including phenoxy) is 3. The lowest BCUT2D eigenvalue weighted by Gasteiger charge is -2.10. The van der Waals surface area contributed by atoms with Gasteiger partial charge in [-0.1, -0.05) is 16.8 Å². The van der Waals surface area contributed by atoms with Gasteiger partial charge in [-0.3, -0.25) is 4.79 Å². The number of methoxy groups -OCH3 is 2. The third-order valence-corrected chi connectivity index (χ3v) is 4.92. The summed E-state index contributed by atoms with van der Waals surface area (Å²) in [7, 11) is 3.06. The van der Waals surface area contributed by atoms with Gasteiger partial charge in [0.25, 0.3) is 0 Å². The van der Waals surface area contributed by atoms with E-state index in [1.807, 2.05) is 0 Å². The third-order valence-electron chi connectivity index (χ3n) is 4.74. The summed E-state index contributed by atoms with van der Waals surface area (Å²) in [6.07, 6.45) is 0.373. The highest BCUT2D eigenvalue weighted by molar-refractivity contribution is 6.29. The first-order chi connectivity index (χ1) is 15.5. The Bertz CT molecular complexity index is 1340. The minimum absolute atomic E-state index is 0.0731. The van der Waals surface area contributed by atoms with Crippen molar-refractivity contribution in [3.05, 3.63) is 69.9 Å². The molecule has 0 aliphatic rings. The van der Waals surface area contributed by atoms with Crippen molar-refractivity contribution in [2.75, 3.05) is 14.2 Å². The Morgan fingerprint density at radius 2 is 1.81 bits per heavy atom. The zero-order valence-electron chi connectivity index (χ0n) is 17.2. The highest BCUT2D eigenvalue weighted by atomic mass is 35.5. The van der Waals surface area contributed by atoms with Crippen LogP contribution in [0.15, 0.2) is 62.3 Å². The van der Waals surface area contributed by atoms with Gasteiger partial charge < -0.3 is 23.2 Å². The molecule has 0 bridgehead atoms. The molecular formula is C23H18ClNO7. The van der Waals surface area contributed by atoms with Gasteiger partial charge in [0.15, 0.2) is 5.15 Å². The molecule has 0 N–H and O–H groups in total. The molecule has 2 aromatic heterocycles. The molecule has 0 radical (unpaired) electrons. The number of benzene rings is 2. The molecule has 4 rings (SSSR count). The van der Waals surface area contributed by atoms with Crippen LogP contribution in [0.5, 0.6) is 17.2 Å². The lowest BCUT2D eigenvalue weighted by molar-refractivity contribution is -0.134. The molecule has 164 valence electrons. The molecule has 0 saturated heterocycles. The van der Waals surface area contributed by atoms with E-state index in [2.05, 4.69) is 5.16 Å². The van der Waals surface area contributed by atoms with Crippen LogP contribution in [-0.2, 0) is 11.2 Å². The first-order valence-electron chi connectivity index (χ1n) is 9.59. The zero-order chi connectivity index (χ0) is 22.7. The van der Waals surface area contributed by atoms with Crippen molar-refractivity contribution in [2.45, 2.75) is 12.8 Å². The van der Waals surface area contributed by atoms with Crippen molar-refractivity contribution in [3.8, 4) is 28.4 Å². The number of rotatable bonds is 7. The molecule has 0 fully saturated rings. The van der Waals surface area contributed by atoms with Crippen molar-refractivity contribution < 1.29 is 27.9 Å². The van der Waals surface area contributed by atoms with Crippen LogP contribution in [0.25, 0.3) is 22.1 Å². The number of nitrogens with zero attached hydrogens (tertiary/aromatic N) is 1. The molecule has 0 atom stereocenters. The minimum Gasteiger partial charge on any atom is -0.497 e. The van der Waals surface area contributed by atoms with E-state index in [4.69, 9.17) is 34.8 Å².